The number of likely N-dealkylation sites (N-methyl/N-ethyl adjacent to an activating group) is 1. The molecule has 1 unspecified atom stereocenters. The molecule has 1 aromatic rings. The van der Waals surface area contributed by atoms with E-state index < -0.39 is 11.4 Å². The second-order valence-electron chi connectivity index (χ2n) is 5.92. The predicted molar refractivity (Wildman–Crippen MR) is 82.6 cm³/mol. The summed E-state index contributed by atoms with van der Waals surface area (Å²) in [5.41, 5.74) is -0.817. The lowest BCUT2D eigenvalue weighted by molar-refractivity contribution is -0.150. The van der Waals surface area contributed by atoms with Gasteiger partial charge in [0.15, 0.2) is 0 Å². The van der Waals surface area contributed by atoms with Gasteiger partial charge < -0.3 is 14.9 Å². The van der Waals surface area contributed by atoms with Crippen molar-refractivity contribution in [3.05, 3.63) is 22.4 Å². The molecule has 2 rings (SSSR count). The summed E-state index contributed by atoms with van der Waals surface area (Å²) in [7, 11) is 1.78. The van der Waals surface area contributed by atoms with E-state index in [-0.39, 0.29) is 6.03 Å². The molecule has 5 nitrogen and oxygen atoms in total. The van der Waals surface area contributed by atoms with Crippen molar-refractivity contribution in [2.75, 3.05) is 26.7 Å². The quantitative estimate of drug-likeness (QED) is 0.929. The maximum absolute atomic E-state index is 12.4. The highest BCUT2D eigenvalue weighted by Crippen LogP contribution is 2.30. The van der Waals surface area contributed by atoms with Crippen molar-refractivity contribution in [1.82, 2.24) is 9.80 Å². The first-order chi connectivity index (χ1) is 9.92. The van der Waals surface area contributed by atoms with Gasteiger partial charge in [-0.2, -0.15) is 0 Å². The van der Waals surface area contributed by atoms with Gasteiger partial charge in [0.25, 0.3) is 0 Å². The molecule has 1 atom stereocenters. The molecule has 21 heavy (non-hydrogen) atoms. The van der Waals surface area contributed by atoms with Gasteiger partial charge >= 0.3 is 12.0 Å². The van der Waals surface area contributed by atoms with Gasteiger partial charge in [-0.25, -0.2) is 4.79 Å². The van der Waals surface area contributed by atoms with E-state index in [1.807, 2.05) is 11.4 Å². The van der Waals surface area contributed by atoms with Gasteiger partial charge in [0.2, 0.25) is 0 Å². The number of hydrogen-bond acceptors (Lipinski definition) is 3. The van der Waals surface area contributed by atoms with Crippen LogP contribution in [0.4, 0.5) is 4.79 Å². The Labute approximate surface area is 129 Å². The second kappa shape index (κ2) is 6.47. The van der Waals surface area contributed by atoms with Gasteiger partial charge in [-0.15, -0.1) is 11.3 Å². The van der Waals surface area contributed by atoms with Crippen LogP contribution >= 0.6 is 11.3 Å². The number of rotatable bonds is 4. The van der Waals surface area contributed by atoms with E-state index in [1.54, 1.807) is 35.1 Å². The zero-order chi connectivity index (χ0) is 15.5. The molecule has 0 radical (unpaired) electrons. The predicted octanol–water partition coefficient (Wildman–Crippen LogP) is 2.53. The molecule has 0 aromatic carbocycles. The number of carbonyl (C=O) groups excluding carboxylic acids is 1. The lowest BCUT2D eigenvalue weighted by atomic mass is 9.82. The first kappa shape index (κ1) is 15.8. The first-order valence-corrected chi connectivity index (χ1v) is 8.06. The van der Waals surface area contributed by atoms with Crippen LogP contribution in [0, 0.1) is 5.41 Å². The van der Waals surface area contributed by atoms with E-state index in [4.69, 9.17) is 0 Å². The Kier molecular flexibility index (Phi) is 4.88. The van der Waals surface area contributed by atoms with Crippen LogP contribution in [-0.4, -0.2) is 53.6 Å². The van der Waals surface area contributed by atoms with Crippen molar-refractivity contribution >= 4 is 23.3 Å². The summed E-state index contributed by atoms with van der Waals surface area (Å²) in [5.74, 6) is -0.818. The molecule has 1 N–H and O–H groups in total. The molecule has 1 saturated heterocycles. The molecule has 0 bridgehead atoms. The summed E-state index contributed by atoms with van der Waals surface area (Å²) >= 11 is 1.69. The van der Waals surface area contributed by atoms with Crippen LogP contribution < -0.4 is 0 Å². The molecule has 0 aliphatic carbocycles. The Balaban J connectivity index is 1.91. The van der Waals surface area contributed by atoms with E-state index in [9.17, 15) is 14.7 Å². The average molecular weight is 310 g/mol. The Morgan fingerprint density at radius 2 is 2.29 bits per heavy atom. The zero-order valence-electron chi connectivity index (χ0n) is 12.5. The smallest absolute Gasteiger partial charge is 0.319 e. The molecular weight excluding hydrogens is 288 g/mol. The normalized spacial score (nSPS) is 22.1. The Morgan fingerprint density at radius 3 is 2.90 bits per heavy atom. The van der Waals surface area contributed by atoms with Crippen molar-refractivity contribution in [3.63, 3.8) is 0 Å². The number of likely N-dealkylation sites (tertiary alicyclic amines) is 1. The molecule has 2 amide bonds. The summed E-state index contributed by atoms with van der Waals surface area (Å²) < 4.78 is 0. The average Bonchev–Trinajstić information content (AvgIpc) is 2.97. The van der Waals surface area contributed by atoms with E-state index in [0.29, 0.717) is 26.1 Å². The Bertz CT molecular complexity index is 503. The van der Waals surface area contributed by atoms with E-state index in [1.165, 1.54) is 4.88 Å². The molecule has 6 heteroatoms. The lowest BCUT2D eigenvalue weighted by Crippen LogP contribution is -2.52. The van der Waals surface area contributed by atoms with Gasteiger partial charge in [0.05, 0.1) is 5.41 Å². The molecule has 1 aromatic heterocycles. The fourth-order valence-corrected chi connectivity index (χ4v) is 3.35. The number of urea groups is 1. The molecule has 1 aliphatic rings. The van der Waals surface area contributed by atoms with E-state index in [2.05, 4.69) is 6.07 Å². The van der Waals surface area contributed by atoms with Gasteiger partial charge in [-0.05, 0) is 37.6 Å². The topological polar surface area (TPSA) is 60.9 Å². The molecule has 2 heterocycles. The number of aliphatic carboxylic acids is 1. The van der Waals surface area contributed by atoms with Crippen molar-refractivity contribution in [2.45, 2.75) is 26.2 Å². The van der Waals surface area contributed by atoms with Crippen LogP contribution in [0.15, 0.2) is 17.5 Å². The summed E-state index contributed by atoms with van der Waals surface area (Å²) in [6.07, 6.45) is 2.21. The number of carboxylic acid groups (broad SMARTS) is 1. The third-order valence-corrected chi connectivity index (χ3v) is 5.02. The number of nitrogens with zero attached hydrogens (tertiary/aromatic N) is 2. The van der Waals surface area contributed by atoms with Crippen molar-refractivity contribution < 1.29 is 14.7 Å². The molecule has 1 aliphatic heterocycles. The fraction of sp³-hybridized carbons (Fsp3) is 0.600. The van der Waals surface area contributed by atoms with E-state index >= 15 is 0 Å². The number of carboxylic acids is 1. The van der Waals surface area contributed by atoms with E-state index in [0.717, 1.165) is 12.8 Å². The van der Waals surface area contributed by atoms with Gasteiger partial charge in [-0.1, -0.05) is 6.07 Å². The third-order valence-electron chi connectivity index (χ3n) is 4.08. The minimum absolute atomic E-state index is 0.0706. The summed E-state index contributed by atoms with van der Waals surface area (Å²) in [6.45, 7) is 3.32. The number of carbonyl (C=O) groups is 2. The zero-order valence-corrected chi connectivity index (χ0v) is 13.4. The monoisotopic (exact) mass is 310 g/mol. The van der Waals surface area contributed by atoms with Gasteiger partial charge in [0, 0.05) is 31.6 Å². The molecule has 0 spiro atoms. The first-order valence-electron chi connectivity index (χ1n) is 7.18. The maximum atomic E-state index is 12.4. The van der Waals surface area contributed by atoms with Crippen LogP contribution in [0.25, 0.3) is 0 Å². The molecule has 116 valence electrons. The summed E-state index contributed by atoms with van der Waals surface area (Å²) in [6, 6.07) is 3.99. The molecular formula is C15H22N2O3S. The van der Waals surface area contributed by atoms with Crippen LogP contribution in [0.3, 0.4) is 0 Å². The largest absolute Gasteiger partial charge is 0.481 e. The Morgan fingerprint density at radius 1 is 1.52 bits per heavy atom. The van der Waals surface area contributed by atoms with Crippen LogP contribution in [0.5, 0.6) is 0 Å². The third kappa shape index (κ3) is 3.75. The highest BCUT2D eigenvalue weighted by molar-refractivity contribution is 7.09. The number of hydrogen-bond donors (Lipinski definition) is 1. The number of amides is 2. The maximum Gasteiger partial charge on any atom is 0.319 e. The fourth-order valence-electron chi connectivity index (χ4n) is 2.65. The van der Waals surface area contributed by atoms with Crippen LogP contribution in [0.2, 0.25) is 0 Å². The van der Waals surface area contributed by atoms with Crippen LogP contribution in [-0.2, 0) is 11.2 Å². The highest BCUT2D eigenvalue weighted by Gasteiger charge is 2.39. The lowest BCUT2D eigenvalue weighted by Gasteiger charge is -2.39. The number of thiophene rings is 1. The van der Waals surface area contributed by atoms with Gasteiger partial charge in [0.1, 0.15) is 0 Å². The second-order valence-corrected chi connectivity index (χ2v) is 6.96. The summed E-state index contributed by atoms with van der Waals surface area (Å²) in [5, 5.41) is 11.3. The Hall–Kier alpha value is -1.56. The SMILES string of the molecule is CN(CCc1cccs1)C(=O)N1CCCC(C)(C(=O)O)C1. The van der Waals surface area contributed by atoms with Crippen molar-refractivity contribution in [1.29, 1.82) is 0 Å². The molecule has 1 fully saturated rings. The van der Waals surface area contributed by atoms with Gasteiger partial charge in [-0.3, -0.25) is 4.79 Å². The van der Waals surface area contributed by atoms with Crippen molar-refractivity contribution in [2.24, 2.45) is 5.41 Å². The number of piperidine rings is 1. The van der Waals surface area contributed by atoms with Crippen LogP contribution in [0.1, 0.15) is 24.6 Å². The minimum atomic E-state index is -0.818. The minimum Gasteiger partial charge on any atom is -0.481 e. The van der Waals surface area contributed by atoms with Crippen molar-refractivity contribution in [3.8, 4) is 0 Å². The standard InChI is InChI=1S/C15H22N2O3S/c1-15(13(18)19)7-4-8-17(11-15)14(20)16(2)9-6-12-5-3-10-21-12/h3,5,10H,4,6-9,11H2,1-2H3,(H,18,19). The summed E-state index contributed by atoms with van der Waals surface area (Å²) in [4.78, 5) is 28.4. The highest BCUT2D eigenvalue weighted by atomic mass is 32.1. The molecule has 0 saturated carbocycles.